The molecule has 0 unspecified atom stereocenters. The molecule has 1 heterocycles. The monoisotopic (exact) mass is 304 g/mol. The summed E-state index contributed by atoms with van der Waals surface area (Å²) in [6.07, 6.45) is 1.66. The molecule has 5 heteroatoms. The van der Waals surface area contributed by atoms with E-state index in [0.29, 0.717) is 22.1 Å². The lowest BCUT2D eigenvalue weighted by molar-refractivity contribution is 1.06. The first kappa shape index (κ1) is 11.1. The Morgan fingerprint density at radius 2 is 2.07 bits per heavy atom. The van der Waals surface area contributed by atoms with Crippen LogP contribution in [0, 0.1) is 0 Å². The molecule has 2 N–H and O–H groups in total. The molecule has 0 fully saturated rings. The number of aromatic nitrogens is 1. The van der Waals surface area contributed by atoms with Crippen LogP contribution < -0.4 is 5.73 Å². The number of halogens is 3. The Balaban J connectivity index is 2.86. The molecule has 0 saturated heterocycles. The molecule has 2 aromatic rings. The highest BCUT2D eigenvalue weighted by molar-refractivity contribution is 9.10. The van der Waals surface area contributed by atoms with Gasteiger partial charge in [0, 0.05) is 28.2 Å². The van der Waals surface area contributed by atoms with Crippen molar-refractivity contribution < 1.29 is 0 Å². The Bertz CT molecular complexity index is 528. The average Bonchev–Trinajstić information content (AvgIpc) is 2.19. The molecule has 0 amide bonds. The molecule has 1 aromatic heterocycles. The van der Waals surface area contributed by atoms with Gasteiger partial charge in [0.2, 0.25) is 0 Å². The number of pyridine rings is 1. The molecule has 2 rings (SSSR count). The van der Waals surface area contributed by atoms with Crippen LogP contribution >= 0.6 is 39.1 Å². The van der Waals surface area contributed by atoms with Gasteiger partial charge in [-0.2, -0.15) is 0 Å². The molecule has 0 bridgehead atoms. The molecular formula is C10H7BrCl2N2. The van der Waals surface area contributed by atoms with Crippen LogP contribution in [0.2, 0.25) is 10.0 Å². The van der Waals surface area contributed by atoms with Crippen molar-refractivity contribution in [3.8, 4) is 0 Å². The Morgan fingerprint density at radius 3 is 2.73 bits per heavy atom. The lowest BCUT2D eigenvalue weighted by atomic mass is 10.1. The maximum atomic E-state index is 6.19. The van der Waals surface area contributed by atoms with Crippen molar-refractivity contribution in [2.24, 2.45) is 5.73 Å². The summed E-state index contributed by atoms with van der Waals surface area (Å²) in [7, 11) is 0. The summed E-state index contributed by atoms with van der Waals surface area (Å²) in [6.45, 7) is 0.367. The van der Waals surface area contributed by atoms with Crippen LogP contribution in [0.25, 0.3) is 10.9 Å². The van der Waals surface area contributed by atoms with Crippen LogP contribution in [0.1, 0.15) is 5.56 Å². The van der Waals surface area contributed by atoms with E-state index >= 15 is 0 Å². The average molecular weight is 306 g/mol. The molecule has 0 aliphatic carbocycles. The Morgan fingerprint density at radius 1 is 1.33 bits per heavy atom. The molecule has 2 nitrogen and oxygen atoms in total. The van der Waals surface area contributed by atoms with Gasteiger partial charge < -0.3 is 5.73 Å². The molecule has 0 radical (unpaired) electrons. The summed E-state index contributed by atoms with van der Waals surface area (Å²) in [4.78, 5) is 4.24. The topological polar surface area (TPSA) is 38.9 Å². The fourth-order valence-electron chi connectivity index (χ4n) is 1.38. The number of hydrogen-bond donors (Lipinski definition) is 1. The van der Waals surface area contributed by atoms with Crippen LogP contribution in [0.15, 0.2) is 22.8 Å². The van der Waals surface area contributed by atoms with Crippen LogP contribution in [0.3, 0.4) is 0 Å². The normalized spacial score (nSPS) is 10.9. The number of fused-ring (bicyclic) bond motifs is 1. The number of nitrogens with zero attached hydrogens (tertiary/aromatic N) is 1. The molecule has 78 valence electrons. The molecule has 0 atom stereocenters. The summed E-state index contributed by atoms with van der Waals surface area (Å²) >= 11 is 15.6. The van der Waals surface area contributed by atoms with Crippen molar-refractivity contribution in [2.75, 3.05) is 0 Å². The second-order valence-electron chi connectivity index (χ2n) is 3.09. The second-order valence-corrected chi connectivity index (χ2v) is 4.79. The molecular weight excluding hydrogens is 299 g/mol. The lowest BCUT2D eigenvalue weighted by Gasteiger charge is -2.06. The Hall–Kier alpha value is -0.350. The molecule has 15 heavy (non-hydrogen) atoms. The largest absolute Gasteiger partial charge is 0.326 e. The SMILES string of the molecule is NCc1cnc2c(Cl)cc(Br)cc2c1Cl. The smallest absolute Gasteiger partial charge is 0.0904 e. The third kappa shape index (κ3) is 1.97. The number of benzene rings is 1. The maximum absolute atomic E-state index is 6.19. The highest BCUT2D eigenvalue weighted by Crippen LogP contribution is 2.32. The van der Waals surface area contributed by atoms with Gasteiger partial charge in [-0.05, 0) is 12.1 Å². The minimum atomic E-state index is 0.367. The van der Waals surface area contributed by atoms with E-state index in [-0.39, 0.29) is 0 Å². The predicted octanol–water partition coefficient (Wildman–Crippen LogP) is 3.76. The van der Waals surface area contributed by atoms with Gasteiger partial charge in [-0.1, -0.05) is 39.1 Å². The number of rotatable bonds is 1. The van der Waals surface area contributed by atoms with E-state index in [4.69, 9.17) is 28.9 Å². The minimum Gasteiger partial charge on any atom is -0.326 e. The van der Waals surface area contributed by atoms with Gasteiger partial charge in [0.1, 0.15) is 0 Å². The molecule has 0 saturated carbocycles. The first-order valence-electron chi connectivity index (χ1n) is 4.25. The van der Waals surface area contributed by atoms with Crippen LogP contribution in [-0.2, 0) is 6.54 Å². The van der Waals surface area contributed by atoms with Crippen molar-refractivity contribution in [1.29, 1.82) is 0 Å². The molecule has 0 spiro atoms. The highest BCUT2D eigenvalue weighted by atomic mass is 79.9. The van der Waals surface area contributed by atoms with Crippen LogP contribution in [-0.4, -0.2) is 4.98 Å². The van der Waals surface area contributed by atoms with Gasteiger partial charge in [0.25, 0.3) is 0 Å². The van der Waals surface area contributed by atoms with E-state index in [1.165, 1.54) is 0 Å². The zero-order chi connectivity index (χ0) is 11.0. The maximum Gasteiger partial charge on any atom is 0.0904 e. The van der Waals surface area contributed by atoms with Gasteiger partial charge in [0.15, 0.2) is 0 Å². The lowest BCUT2D eigenvalue weighted by Crippen LogP contribution is -1.98. The van der Waals surface area contributed by atoms with E-state index < -0.39 is 0 Å². The van der Waals surface area contributed by atoms with E-state index in [1.807, 2.05) is 6.07 Å². The summed E-state index contributed by atoms with van der Waals surface area (Å²) in [5, 5.41) is 2.01. The fourth-order valence-corrected chi connectivity index (χ4v) is 2.51. The van der Waals surface area contributed by atoms with E-state index in [9.17, 15) is 0 Å². The zero-order valence-corrected chi connectivity index (χ0v) is 10.7. The molecule has 0 aliphatic heterocycles. The summed E-state index contributed by atoms with van der Waals surface area (Å²) in [5.41, 5.74) is 7.06. The predicted molar refractivity (Wildman–Crippen MR) is 67.4 cm³/mol. The minimum absolute atomic E-state index is 0.367. The first-order valence-corrected chi connectivity index (χ1v) is 5.80. The molecule has 1 aromatic carbocycles. The number of hydrogen-bond acceptors (Lipinski definition) is 2. The van der Waals surface area contributed by atoms with Crippen LogP contribution in [0.4, 0.5) is 0 Å². The fraction of sp³-hybridized carbons (Fsp3) is 0.100. The third-order valence-electron chi connectivity index (χ3n) is 2.12. The van der Waals surface area contributed by atoms with Crippen molar-refractivity contribution in [2.45, 2.75) is 6.54 Å². The van der Waals surface area contributed by atoms with Crippen molar-refractivity contribution in [3.63, 3.8) is 0 Å². The molecule has 0 aliphatic rings. The Labute approximate surface area is 106 Å². The van der Waals surface area contributed by atoms with Gasteiger partial charge >= 0.3 is 0 Å². The first-order chi connectivity index (χ1) is 7.13. The van der Waals surface area contributed by atoms with E-state index in [1.54, 1.807) is 12.3 Å². The van der Waals surface area contributed by atoms with Crippen molar-refractivity contribution in [3.05, 3.63) is 38.4 Å². The Kier molecular flexibility index (Phi) is 3.16. The van der Waals surface area contributed by atoms with Gasteiger partial charge in [-0.25, -0.2) is 0 Å². The van der Waals surface area contributed by atoms with Gasteiger partial charge in [-0.15, -0.1) is 0 Å². The zero-order valence-electron chi connectivity index (χ0n) is 7.60. The van der Waals surface area contributed by atoms with Crippen molar-refractivity contribution >= 4 is 50.0 Å². The summed E-state index contributed by atoms with van der Waals surface area (Å²) in [5.74, 6) is 0. The number of nitrogens with two attached hydrogens (primary N) is 1. The van der Waals surface area contributed by atoms with E-state index in [2.05, 4.69) is 20.9 Å². The summed E-state index contributed by atoms with van der Waals surface area (Å²) < 4.78 is 0.873. The van der Waals surface area contributed by atoms with Crippen LogP contribution in [0.5, 0.6) is 0 Å². The highest BCUT2D eigenvalue weighted by Gasteiger charge is 2.09. The summed E-state index contributed by atoms with van der Waals surface area (Å²) in [6, 6.07) is 3.67. The van der Waals surface area contributed by atoms with Crippen molar-refractivity contribution in [1.82, 2.24) is 4.98 Å². The second kappa shape index (κ2) is 4.26. The van der Waals surface area contributed by atoms with Gasteiger partial charge in [0.05, 0.1) is 15.6 Å². The third-order valence-corrected chi connectivity index (χ3v) is 3.31. The van der Waals surface area contributed by atoms with E-state index in [0.717, 1.165) is 15.4 Å². The van der Waals surface area contributed by atoms with Gasteiger partial charge in [-0.3, -0.25) is 4.98 Å². The quantitative estimate of drug-likeness (QED) is 0.871. The standard InChI is InChI=1S/C10H7BrCl2N2/c11-6-1-7-9(13)5(3-14)4-15-10(7)8(12)2-6/h1-2,4H,3,14H2.